The molecule has 0 aromatic heterocycles. The number of hydrogen-bond acceptors (Lipinski definition) is 6. The first kappa shape index (κ1) is 19.3. The van der Waals surface area contributed by atoms with E-state index in [1.165, 1.54) is 11.8 Å². The summed E-state index contributed by atoms with van der Waals surface area (Å²) in [5, 5.41) is 11.1. The van der Waals surface area contributed by atoms with Crippen LogP contribution in [-0.2, 0) is 9.53 Å². The molecule has 0 bridgehead atoms. The molecule has 6 heteroatoms. The first-order valence-corrected chi connectivity index (χ1v) is 10.4. The number of nitrogens with zero attached hydrogens (tertiary/aromatic N) is 1. The lowest BCUT2D eigenvalue weighted by atomic mass is 10.1. The Morgan fingerprint density at radius 1 is 1.19 bits per heavy atom. The number of aliphatic hydroxyl groups excluding tert-OH is 1. The number of thioether (sulfide) groups is 2. The maximum absolute atomic E-state index is 12.4. The van der Waals surface area contributed by atoms with E-state index < -0.39 is 5.97 Å². The van der Waals surface area contributed by atoms with Crippen molar-refractivity contribution in [3.05, 3.63) is 76.4 Å². The first-order valence-electron chi connectivity index (χ1n) is 8.40. The van der Waals surface area contributed by atoms with E-state index in [-0.39, 0.29) is 17.9 Å². The molecule has 27 heavy (non-hydrogen) atoms. The molecule has 1 heterocycles. The van der Waals surface area contributed by atoms with Crippen LogP contribution in [-0.4, -0.2) is 29.0 Å². The molecule has 1 N–H and O–H groups in total. The van der Waals surface area contributed by atoms with Gasteiger partial charge in [0.25, 0.3) is 0 Å². The fourth-order valence-electron chi connectivity index (χ4n) is 2.46. The number of esters is 1. The minimum Gasteiger partial charge on any atom is -0.506 e. The van der Waals surface area contributed by atoms with Crippen LogP contribution in [0.25, 0.3) is 6.08 Å². The number of carbonyl (C=O) groups is 1. The van der Waals surface area contributed by atoms with E-state index in [0.717, 1.165) is 10.5 Å². The Morgan fingerprint density at radius 2 is 1.89 bits per heavy atom. The molecule has 2 aromatic rings. The smallest absolute Gasteiger partial charge is 0.344 e. The van der Waals surface area contributed by atoms with Gasteiger partial charge in [0, 0.05) is 4.90 Å². The van der Waals surface area contributed by atoms with Crippen LogP contribution in [0.2, 0.25) is 0 Å². The number of benzene rings is 2. The second kappa shape index (κ2) is 8.97. The molecule has 0 atom stereocenters. The molecule has 3 rings (SSSR count). The van der Waals surface area contributed by atoms with Crippen LogP contribution in [0.5, 0.6) is 0 Å². The number of aliphatic imine (C=N–C) groups is 1. The van der Waals surface area contributed by atoms with Gasteiger partial charge >= 0.3 is 5.97 Å². The summed E-state index contributed by atoms with van der Waals surface area (Å²) in [6, 6.07) is 17.3. The van der Waals surface area contributed by atoms with Gasteiger partial charge in [-0.3, -0.25) is 0 Å². The molecule has 2 aromatic carbocycles. The summed E-state index contributed by atoms with van der Waals surface area (Å²) >= 11 is 2.93. The largest absolute Gasteiger partial charge is 0.506 e. The van der Waals surface area contributed by atoms with Gasteiger partial charge in [-0.15, -0.1) is 11.8 Å². The summed E-state index contributed by atoms with van der Waals surface area (Å²) in [5.41, 5.74) is 1.75. The van der Waals surface area contributed by atoms with E-state index in [9.17, 15) is 9.90 Å². The third-order valence-corrected chi connectivity index (χ3v) is 5.53. The van der Waals surface area contributed by atoms with E-state index in [2.05, 4.69) is 4.99 Å². The average molecular weight is 398 g/mol. The third kappa shape index (κ3) is 4.64. The van der Waals surface area contributed by atoms with E-state index in [4.69, 9.17) is 4.74 Å². The van der Waals surface area contributed by atoms with Crippen molar-refractivity contribution >= 4 is 46.3 Å². The Hall–Kier alpha value is -2.44. The standard InChI is InChI=1S/C21H19NO3S2/c1-3-25-21(24)18-19(23)17(13-14-9-11-16(26-2)12-10-14)27-20(18)22-15-7-5-4-6-8-15/h4-13,23H,3H2,1-2H3/b17-13-,22-20?. The third-order valence-electron chi connectivity index (χ3n) is 3.77. The van der Waals surface area contributed by atoms with Crippen molar-refractivity contribution in [2.24, 2.45) is 4.99 Å². The zero-order chi connectivity index (χ0) is 19.2. The van der Waals surface area contributed by atoms with Crippen molar-refractivity contribution in [2.45, 2.75) is 11.8 Å². The zero-order valence-corrected chi connectivity index (χ0v) is 16.6. The highest BCUT2D eigenvalue weighted by Gasteiger charge is 2.33. The molecule has 0 fully saturated rings. The van der Waals surface area contributed by atoms with Gasteiger partial charge in [-0.05, 0) is 49.1 Å². The Balaban J connectivity index is 2.00. The normalized spacial score (nSPS) is 17.0. The number of ether oxygens (including phenoxy) is 1. The topological polar surface area (TPSA) is 58.9 Å². The zero-order valence-electron chi connectivity index (χ0n) is 15.0. The number of hydrogen-bond donors (Lipinski definition) is 1. The van der Waals surface area contributed by atoms with Gasteiger partial charge in [0.1, 0.15) is 16.4 Å². The van der Waals surface area contributed by atoms with Crippen molar-refractivity contribution < 1.29 is 14.6 Å². The molecule has 138 valence electrons. The Morgan fingerprint density at radius 3 is 2.52 bits per heavy atom. The van der Waals surface area contributed by atoms with Gasteiger partial charge in [-0.25, -0.2) is 9.79 Å². The van der Waals surface area contributed by atoms with Crippen molar-refractivity contribution in [3.63, 3.8) is 0 Å². The van der Waals surface area contributed by atoms with Crippen LogP contribution in [0.1, 0.15) is 12.5 Å². The predicted octanol–water partition coefficient (Wildman–Crippen LogP) is 5.60. The highest BCUT2D eigenvalue weighted by molar-refractivity contribution is 8.18. The molecule has 0 saturated heterocycles. The molecule has 0 spiro atoms. The van der Waals surface area contributed by atoms with Crippen LogP contribution < -0.4 is 0 Å². The number of carbonyl (C=O) groups excluding carboxylic acids is 1. The number of para-hydroxylation sites is 1. The fourth-order valence-corrected chi connectivity index (χ4v) is 3.91. The maximum Gasteiger partial charge on any atom is 0.344 e. The maximum atomic E-state index is 12.4. The van der Waals surface area contributed by atoms with Crippen LogP contribution in [0.15, 0.2) is 80.7 Å². The van der Waals surface area contributed by atoms with Gasteiger partial charge < -0.3 is 9.84 Å². The summed E-state index contributed by atoms with van der Waals surface area (Å²) < 4.78 is 5.11. The van der Waals surface area contributed by atoms with E-state index in [0.29, 0.717) is 15.6 Å². The van der Waals surface area contributed by atoms with Crippen LogP contribution in [0.4, 0.5) is 5.69 Å². The lowest BCUT2D eigenvalue weighted by molar-refractivity contribution is -0.138. The SMILES string of the molecule is CCOC(=O)C1=C(O)/C(=C/c2ccc(SC)cc2)SC1=Nc1ccccc1. The summed E-state index contributed by atoms with van der Waals surface area (Å²) in [6.07, 6.45) is 3.86. The number of rotatable bonds is 5. The Bertz CT molecular complexity index is 916. The summed E-state index contributed by atoms with van der Waals surface area (Å²) in [6.45, 7) is 1.96. The van der Waals surface area contributed by atoms with Crippen molar-refractivity contribution in [3.8, 4) is 0 Å². The summed E-state index contributed by atoms with van der Waals surface area (Å²) in [4.78, 5) is 18.6. The minimum atomic E-state index is -0.571. The quantitative estimate of drug-likeness (QED) is 0.525. The summed E-state index contributed by atoms with van der Waals surface area (Å²) in [5.74, 6) is -0.666. The predicted molar refractivity (Wildman–Crippen MR) is 114 cm³/mol. The molecular weight excluding hydrogens is 378 g/mol. The molecule has 0 saturated carbocycles. The molecule has 1 aliphatic heterocycles. The first-order chi connectivity index (χ1) is 13.1. The second-order valence-corrected chi connectivity index (χ2v) is 7.49. The monoisotopic (exact) mass is 397 g/mol. The van der Waals surface area contributed by atoms with E-state index >= 15 is 0 Å². The molecule has 1 aliphatic rings. The van der Waals surface area contributed by atoms with Gasteiger partial charge in [-0.1, -0.05) is 42.1 Å². The molecule has 0 amide bonds. The molecule has 0 aliphatic carbocycles. The second-order valence-electron chi connectivity index (χ2n) is 5.58. The highest BCUT2D eigenvalue weighted by Crippen LogP contribution is 2.40. The van der Waals surface area contributed by atoms with E-state index in [1.54, 1.807) is 18.7 Å². The van der Waals surface area contributed by atoms with Gasteiger partial charge in [0.15, 0.2) is 0 Å². The van der Waals surface area contributed by atoms with Crippen LogP contribution in [0.3, 0.4) is 0 Å². The molecule has 4 nitrogen and oxygen atoms in total. The summed E-state index contributed by atoms with van der Waals surface area (Å²) in [7, 11) is 0. The average Bonchev–Trinajstić information content (AvgIpc) is 2.98. The Labute approximate surface area is 167 Å². The minimum absolute atomic E-state index is 0.0953. The van der Waals surface area contributed by atoms with Gasteiger partial charge in [-0.2, -0.15) is 0 Å². The van der Waals surface area contributed by atoms with Crippen molar-refractivity contribution in [1.29, 1.82) is 0 Å². The lowest BCUT2D eigenvalue weighted by Crippen LogP contribution is -2.12. The molecule has 0 unspecified atom stereocenters. The lowest BCUT2D eigenvalue weighted by Gasteiger charge is -2.03. The molecular formula is C21H19NO3S2. The van der Waals surface area contributed by atoms with Crippen molar-refractivity contribution in [2.75, 3.05) is 12.9 Å². The van der Waals surface area contributed by atoms with Crippen molar-refractivity contribution in [1.82, 2.24) is 0 Å². The van der Waals surface area contributed by atoms with Crippen LogP contribution >= 0.6 is 23.5 Å². The van der Waals surface area contributed by atoms with Gasteiger partial charge in [0.2, 0.25) is 0 Å². The van der Waals surface area contributed by atoms with Crippen LogP contribution in [0, 0.1) is 0 Å². The van der Waals surface area contributed by atoms with E-state index in [1.807, 2.05) is 66.9 Å². The fraction of sp³-hybridized carbons (Fsp3) is 0.143. The Kier molecular flexibility index (Phi) is 6.42. The van der Waals surface area contributed by atoms with Gasteiger partial charge in [0.05, 0.1) is 17.2 Å². The number of aliphatic hydroxyl groups is 1. The molecule has 0 radical (unpaired) electrons. The highest BCUT2D eigenvalue weighted by atomic mass is 32.2.